The summed E-state index contributed by atoms with van der Waals surface area (Å²) in [4.78, 5) is 0. The van der Waals surface area contributed by atoms with Gasteiger partial charge in [-0.15, -0.1) is 0 Å². The van der Waals surface area contributed by atoms with E-state index in [2.05, 4.69) is 28.3 Å². The molecule has 0 aliphatic carbocycles. The quantitative estimate of drug-likeness (QED) is 0.549. The number of nitrogens with zero attached hydrogens (tertiary/aromatic N) is 3. The third kappa shape index (κ3) is 4.03. The number of aromatic nitrogens is 3. The highest BCUT2D eigenvalue weighted by molar-refractivity contribution is 7.71. The maximum atomic E-state index is 5.88. The fourth-order valence-electron chi connectivity index (χ4n) is 2.49. The standard InChI is InChI=1S/C19H20N4OS/c1-13-8-9-17(15(3)10-13)24-12-18-21-22-19(25)23(18)20-11-16-7-5-4-6-14(16)2/h4-11H,12H2,1-3H3,(H,22,25)/b20-11-. The minimum Gasteiger partial charge on any atom is -0.485 e. The van der Waals surface area contributed by atoms with Crippen LogP contribution in [-0.4, -0.2) is 21.1 Å². The van der Waals surface area contributed by atoms with E-state index in [9.17, 15) is 0 Å². The van der Waals surface area contributed by atoms with E-state index in [4.69, 9.17) is 17.0 Å². The molecule has 128 valence electrons. The molecule has 6 heteroatoms. The molecule has 0 atom stereocenters. The molecule has 3 rings (SSSR count). The number of aryl methyl sites for hydroxylation is 3. The molecule has 0 saturated heterocycles. The van der Waals surface area contributed by atoms with Crippen LogP contribution in [0, 0.1) is 25.5 Å². The van der Waals surface area contributed by atoms with Crippen LogP contribution in [0.25, 0.3) is 0 Å². The number of hydrogen-bond acceptors (Lipinski definition) is 4. The molecule has 25 heavy (non-hydrogen) atoms. The molecule has 0 spiro atoms. The molecule has 0 bridgehead atoms. The Bertz CT molecular complexity index is 972. The first kappa shape index (κ1) is 17.1. The summed E-state index contributed by atoms with van der Waals surface area (Å²) in [5, 5.41) is 11.4. The Morgan fingerprint density at radius 3 is 2.72 bits per heavy atom. The van der Waals surface area contributed by atoms with Crippen molar-refractivity contribution in [3.8, 4) is 5.75 Å². The van der Waals surface area contributed by atoms with Gasteiger partial charge in [0.05, 0.1) is 6.21 Å². The van der Waals surface area contributed by atoms with Gasteiger partial charge in [-0.3, -0.25) is 0 Å². The SMILES string of the molecule is Cc1ccc(OCc2n[nH]c(=S)n2/N=C\c2ccccc2C)c(C)c1. The lowest BCUT2D eigenvalue weighted by Gasteiger charge is -2.09. The number of ether oxygens (including phenoxy) is 1. The number of benzene rings is 2. The number of nitrogens with one attached hydrogen (secondary N) is 1. The smallest absolute Gasteiger partial charge is 0.216 e. The van der Waals surface area contributed by atoms with Crippen molar-refractivity contribution < 1.29 is 4.74 Å². The van der Waals surface area contributed by atoms with Crippen molar-refractivity contribution in [2.45, 2.75) is 27.4 Å². The van der Waals surface area contributed by atoms with Gasteiger partial charge < -0.3 is 4.74 Å². The molecule has 0 aliphatic heterocycles. The van der Waals surface area contributed by atoms with E-state index < -0.39 is 0 Å². The summed E-state index contributed by atoms with van der Waals surface area (Å²) in [6.45, 7) is 6.40. The first-order valence-corrected chi connectivity index (χ1v) is 8.42. The van der Waals surface area contributed by atoms with Crippen LogP contribution in [0.5, 0.6) is 5.75 Å². The molecule has 0 saturated carbocycles. The summed E-state index contributed by atoms with van der Waals surface area (Å²) in [6, 6.07) is 14.1. The summed E-state index contributed by atoms with van der Waals surface area (Å²) in [5.41, 5.74) is 4.47. The Morgan fingerprint density at radius 1 is 1.16 bits per heavy atom. The van der Waals surface area contributed by atoms with Gasteiger partial charge in [0, 0.05) is 0 Å². The average molecular weight is 352 g/mol. The summed E-state index contributed by atoms with van der Waals surface area (Å²) < 4.78 is 7.91. The Hall–Kier alpha value is -2.73. The van der Waals surface area contributed by atoms with Crippen LogP contribution < -0.4 is 4.74 Å². The molecular formula is C19H20N4OS. The van der Waals surface area contributed by atoms with Gasteiger partial charge in [0.2, 0.25) is 4.77 Å². The zero-order chi connectivity index (χ0) is 17.8. The van der Waals surface area contributed by atoms with Gasteiger partial charge in [0.25, 0.3) is 0 Å². The van der Waals surface area contributed by atoms with E-state index in [-0.39, 0.29) is 6.61 Å². The van der Waals surface area contributed by atoms with Gasteiger partial charge in [-0.2, -0.15) is 14.9 Å². The largest absolute Gasteiger partial charge is 0.485 e. The zero-order valence-corrected chi connectivity index (χ0v) is 15.3. The fourth-order valence-corrected chi connectivity index (χ4v) is 2.69. The third-order valence-electron chi connectivity index (χ3n) is 3.91. The topological polar surface area (TPSA) is 55.2 Å². The highest BCUT2D eigenvalue weighted by atomic mass is 32.1. The van der Waals surface area contributed by atoms with Crippen LogP contribution in [0.15, 0.2) is 47.6 Å². The predicted molar refractivity (Wildman–Crippen MR) is 102 cm³/mol. The van der Waals surface area contributed by atoms with Gasteiger partial charge in [-0.25, -0.2) is 5.10 Å². The highest BCUT2D eigenvalue weighted by Gasteiger charge is 2.07. The second-order valence-electron chi connectivity index (χ2n) is 5.92. The molecule has 0 fully saturated rings. The predicted octanol–water partition coefficient (Wildman–Crippen LogP) is 4.33. The van der Waals surface area contributed by atoms with Gasteiger partial charge in [0.15, 0.2) is 5.82 Å². The van der Waals surface area contributed by atoms with Crippen LogP contribution >= 0.6 is 12.2 Å². The molecule has 0 amide bonds. The monoisotopic (exact) mass is 352 g/mol. The maximum Gasteiger partial charge on any atom is 0.216 e. The first-order chi connectivity index (χ1) is 12.0. The van der Waals surface area contributed by atoms with Crippen molar-refractivity contribution in [2.24, 2.45) is 5.10 Å². The lowest BCUT2D eigenvalue weighted by Crippen LogP contribution is -2.05. The molecule has 1 N–H and O–H groups in total. The van der Waals surface area contributed by atoms with Crippen molar-refractivity contribution in [3.63, 3.8) is 0 Å². The molecule has 1 aromatic heterocycles. The van der Waals surface area contributed by atoms with Crippen LogP contribution in [-0.2, 0) is 6.61 Å². The minimum atomic E-state index is 0.280. The average Bonchev–Trinajstić information content (AvgIpc) is 2.93. The van der Waals surface area contributed by atoms with E-state index >= 15 is 0 Å². The van der Waals surface area contributed by atoms with Crippen molar-refractivity contribution in [3.05, 3.63) is 75.3 Å². The van der Waals surface area contributed by atoms with Crippen molar-refractivity contribution >= 4 is 18.4 Å². The van der Waals surface area contributed by atoms with Crippen LogP contribution in [0.4, 0.5) is 0 Å². The Morgan fingerprint density at radius 2 is 1.96 bits per heavy atom. The Balaban J connectivity index is 1.80. The molecule has 0 radical (unpaired) electrons. The first-order valence-electron chi connectivity index (χ1n) is 8.01. The number of aromatic amines is 1. The molecular weight excluding hydrogens is 332 g/mol. The van der Waals surface area contributed by atoms with Crippen LogP contribution in [0.3, 0.4) is 0 Å². The molecule has 0 unspecified atom stereocenters. The second kappa shape index (κ2) is 7.44. The fraction of sp³-hybridized carbons (Fsp3) is 0.211. The lowest BCUT2D eigenvalue weighted by atomic mass is 10.1. The molecule has 3 aromatic rings. The minimum absolute atomic E-state index is 0.280. The Kier molecular flexibility index (Phi) is 5.09. The summed E-state index contributed by atoms with van der Waals surface area (Å²) in [6.07, 6.45) is 1.78. The maximum absolute atomic E-state index is 5.88. The van der Waals surface area contributed by atoms with Crippen LogP contribution in [0.2, 0.25) is 0 Å². The number of rotatable bonds is 5. The van der Waals surface area contributed by atoms with E-state index in [1.807, 2.05) is 50.2 Å². The Labute approximate surface area is 152 Å². The van der Waals surface area contributed by atoms with Crippen molar-refractivity contribution in [1.29, 1.82) is 0 Å². The van der Waals surface area contributed by atoms with E-state index in [1.165, 1.54) is 5.56 Å². The molecule has 0 aliphatic rings. The van der Waals surface area contributed by atoms with Gasteiger partial charge in [-0.1, -0.05) is 42.0 Å². The van der Waals surface area contributed by atoms with Crippen molar-refractivity contribution in [2.75, 3.05) is 0 Å². The number of hydrogen-bond donors (Lipinski definition) is 1. The van der Waals surface area contributed by atoms with E-state index in [0.29, 0.717) is 10.6 Å². The van der Waals surface area contributed by atoms with Crippen LogP contribution in [0.1, 0.15) is 28.1 Å². The summed E-state index contributed by atoms with van der Waals surface area (Å²) in [5.74, 6) is 1.45. The molecule has 2 aromatic carbocycles. The highest BCUT2D eigenvalue weighted by Crippen LogP contribution is 2.19. The number of H-pyrrole nitrogens is 1. The summed E-state index contributed by atoms with van der Waals surface area (Å²) >= 11 is 5.27. The van der Waals surface area contributed by atoms with E-state index in [0.717, 1.165) is 22.4 Å². The molecule has 5 nitrogen and oxygen atoms in total. The van der Waals surface area contributed by atoms with Gasteiger partial charge in [-0.05, 0) is 55.7 Å². The third-order valence-corrected chi connectivity index (χ3v) is 4.17. The van der Waals surface area contributed by atoms with E-state index in [1.54, 1.807) is 10.9 Å². The second-order valence-corrected chi connectivity index (χ2v) is 6.30. The summed E-state index contributed by atoms with van der Waals surface area (Å²) in [7, 11) is 0. The molecule has 1 heterocycles. The normalized spacial score (nSPS) is 11.2. The van der Waals surface area contributed by atoms with Gasteiger partial charge in [0.1, 0.15) is 12.4 Å². The zero-order valence-electron chi connectivity index (χ0n) is 14.5. The van der Waals surface area contributed by atoms with Crippen molar-refractivity contribution in [1.82, 2.24) is 14.9 Å². The van der Waals surface area contributed by atoms with Gasteiger partial charge >= 0.3 is 0 Å². The lowest BCUT2D eigenvalue weighted by molar-refractivity contribution is 0.288.